The van der Waals surface area contributed by atoms with Crippen molar-refractivity contribution in [3.63, 3.8) is 0 Å². The predicted molar refractivity (Wildman–Crippen MR) is 89.6 cm³/mol. The van der Waals surface area contributed by atoms with Crippen molar-refractivity contribution >= 4 is 29.9 Å². The van der Waals surface area contributed by atoms with Gasteiger partial charge in [0.1, 0.15) is 6.10 Å². The Kier molecular flexibility index (Phi) is 6.50. The van der Waals surface area contributed by atoms with Gasteiger partial charge in [-0.15, -0.1) is 12.4 Å². The summed E-state index contributed by atoms with van der Waals surface area (Å²) in [5, 5.41) is 4.05. The first kappa shape index (κ1) is 17.5. The molecule has 1 N–H and O–H groups in total. The highest BCUT2D eigenvalue weighted by Crippen LogP contribution is 2.24. The molecule has 6 heteroatoms. The third-order valence-electron chi connectivity index (χ3n) is 4.23. The number of morpholine rings is 1. The highest BCUT2D eigenvalue weighted by atomic mass is 35.5. The van der Waals surface area contributed by atoms with Crippen LogP contribution in [0.1, 0.15) is 30.9 Å². The summed E-state index contributed by atoms with van der Waals surface area (Å²) in [5.41, 5.74) is 1.08. The minimum absolute atomic E-state index is 0. The highest BCUT2D eigenvalue weighted by molar-refractivity contribution is 6.30. The van der Waals surface area contributed by atoms with Crippen LogP contribution in [0.15, 0.2) is 24.3 Å². The molecule has 1 amide bonds. The molecule has 2 atom stereocenters. The molecule has 2 fully saturated rings. The molecule has 0 aromatic heterocycles. The number of piperidine rings is 1. The molecule has 22 heavy (non-hydrogen) atoms. The van der Waals surface area contributed by atoms with Crippen molar-refractivity contribution < 1.29 is 9.53 Å². The first-order valence-electron chi connectivity index (χ1n) is 7.63. The number of hydrogen-bond acceptors (Lipinski definition) is 3. The molecule has 2 saturated heterocycles. The van der Waals surface area contributed by atoms with Crippen LogP contribution >= 0.6 is 24.0 Å². The van der Waals surface area contributed by atoms with Gasteiger partial charge in [-0.1, -0.05) is 30.2 Å². The molecule has 2 heterocycles. The van der Waals surface area contributed by atoms with Gasteiger partial charge in [-0.3, -0.25) is 4.79 Å². The average Bonchev–Trinajstić information content (AvgIpc) is 2.56. The van der Waals surface area contributed by atoms with Crippen LogP contribution in [0, 0.1) is 0 Å². The minimum Gasteiger partial charge on any atom is -0.370 e. The average molecular weight is 345 g/mol. The molecular weight excluding hydrogens is 323 g/mol. The lowest BCUT2D eigenvalue weighted by Crippen LogP contribution is -2.52. The Balaban J connectivity index is 0.00000176. The molecule has 3 rings (SSSR count). The third-order valence-corrected chi connectivity index (χ3v) is 4.48. The van der Waals surface area contributed by atoms with Gasteiger partial charge >= 0.3 is 0 Å². The number of hydrogen-bond donors (Lipinski definition) is 1. The summed E-state index contributed by atoms with van der Waals surface area (Å²) in [7, 11) is 0. The lowest BCUT2D eigenvalue weighted by Gasteiger charge is -2.36. The van der Waals surface area contributed by atoms with Gasteiger partial charge in [0.2, 0.25) is 5.91 Å². The summed E-state index contributed by atoms with van der Waals surface area (Å²) in [6.07, 6.45) is 3.19. The van der Waals surface area contributed by atoms with E-state index in [2.05, 4.69) is 5.32 Å². The summed E-state index contributed by atoms with van der Waals surface area (Å²) in [4.78, 5) is 14.5. The Bertz CT molecular complexity index is 489. The van der Waals surface area contributed by atoms with E-state index in [1.165, 1.54) is 6.42 Å². The van der Waals surface area contributed by atoms with Gasteiger partial charge in [-0.05, 0) is 37.1 Å². The Hall–Kier alpha value is -0.810. The maximum absolute atomic E-state index is 12.6. The fraction of sp³-hybridized carbons (Fsp3) is 0.562. The molecule has 1 aromatic rings. The van der Waals surface area contributed by atoms with Crippen molar-refractivity contribution in [3.8, 4) is 0 Å². The fourth-order valence-corrected chi connectivity index (χ4v) is 3.14. The summed E-state index contributed by atoms with van der Waals surface area (Å²) < 4.78 is 5.81. The molecule has 0 spiro atoms. The molecule has 0 bridgehead atoms. The van der Waals surface area contributed by atoms with Gasteiger partial charge in [0.15, 0.2) is 0 Å². The van der Waals surface area contributed by atoms with Gasteiger partial charge in [-0.2, -0.15) is 0 Å². The zero-order valence-electron chi connectivity index (χ0n) is 12.5. The second-order valence-corrected chi connectivity index (χ2v) is 6.13. The van der Waals surface area contributed by atoms with Gasteiger partial charge in [0.25, 0.3) is 0 Å². The number of rotatable bonds is 2. The zero-order chi connectivity index (χ0) is 14.7. The smallest absolute Gasteiger partial charge is 0.239 e. The summed E-state index contributed by atoms with van der Waals surface area (Å²) in [5.74, 6) is 0.219. The minimum atomic E-state index is -0.0523. The van der Waals surface area contributed by atoms with Crippen molar-refractivity contribution in [2.75, 3.05) is 26.2 Å². The van der Waals surface area contributed by atoms with Crippen LogP contribution in [-0.4, -0.2) is 43.1 Å². The Morgan fingerprint density at radius 1 is 1.27 bits per heavy atom. The van der Waals surface area contributed by atoms with Crippen molar-refractivity contribution in [3.05, 3.63) is 34.9 Å². The van der Waals surface area contributed by atoms with Crippen LogP contribution in [-0.2, 0) is 9.53 Å². The molecular formula is C16H22Cl2N2O2. The van der Waals surface area contributed by atoms with Crippen LogP contribution in [0.5, 0.6) is 0 Å². The maximum Gasteiger partial charge on any atom is 0.239 e. The number of benzene rings is 1. The lowest BCUT2D eigenvalue weighted by atomic mass is 10.0. The number of ether oxygens (including phenoxy) is 1. The van der Waals surface area contributed by atoms with Gasteiger partial charge in [0.05, 0.1) is 19.2 Å². The van der Waals surface area contributed by atoms with E-state index in [4.69, 9.17) is 16.3 Å². The summed E-state index contributed by atoms with van der Waals surface area (Å²) in [6.45, 7) is 2.84. The van der Waals surface area contributed by atoms with E-state index >= 15 is 0 Å². The van der Waals surface area contributed by atoms with Crippen LogP contribution < -0.4 is 5.32 Å². The number of nitrogens with one attached hydrogen (secondary N) is 1. The number of carbonyl (C=O) groups is 1. The standard InChI is InChI=1S/C16H21ClN2O2.ClH/c17-13-6-4-12(5-7-13)15-11-19(9-10-21-15)16(20)14-3-1-2-8-18-14;/h4-7,14-15,18H,1-3,8-11H2;1H/t14-,15?;/m1./s1. The van der Waals surface area contributed by atoms with Crippen LogP contribution in [0.2, 0.25) is 5.02 Å². The number of amides is 1. The van der Waals surface area contributed by atoms with E-state index in [-0.39, 0.29) is 30.5 Å². The number of nitrogens with zero attached hydrogens (tertiary/aromatic N) is 1. The molecule has 0 saturated carbocycles. The van der Waals surface area contributed by atoms with Crippen molar-refractivity contribution in [1.29, 1.82) is 0 Å². The zero-order valence-corrected chi connectivity index (χ0v) is 14.0. The second kappa shape index (κ2) is 8.16. The van der Waals surface area contributed by atoms with E-state index in [1.54, 1.807) is 0 Å². The molecule has 122 valence electrons. The normalized spacial score (nSPS) is 25.4. The first-order chi connectivity index (χ1) is 10.2. The second-order valence-electron chi connectivity index (χ2n) is 5.70. The number of halogens is 2. The summed E-state index contributed by atoms with van der Waals surface area (Å²) >= 11 is 5.92. The Labute approximate surface area is 142 Å². The van der Waals surface area contributed by atoms with Gasteiger partial charge in [-0.25, -0.2) is 0 Å². The molecule has 2 aliphatic heterocycles. The molecule has 1 aromatic carbocycles. The molecule has 0 aliphatic carbocycles. The monoisotopic (exact) mass is 344 g/mol. The Morgan fingerprint density at radius 3 is 2.73 bits per heavy atom. The van der Waals surface area contributed by atoms with Crippen molar-refractivity contribution in [2.45, 2.75) is 31.4 Å². The van der Waals surface area contributed by atoms with Crippen LogP contribution in [0.25, 0.3) is 0 Å². The molecule has 2 aliphatic rings. The Morgan fingerprint density at radius 2 is 2.05 bits per heavy atom. The van der Waals surface area contributed by atoms with Crippen LogP contribution in [0.4, 0.5) is 0 Å². The first-order valence-corrected chi connectivity index (χ1v) is 8.01. The highest BCUT2D eigenvalue weighted by Gasteiger charge is 2.30. The SMILES string of the molecule is Cl.O=C([C@H]1CCCCN1)N1CCOC(c2ccc(Cl)cc2)C1. The van der Waals surface area contributed by atoms with Crippen LogP contribution in [0.3, 0.4) is 0 Å². The van der Waals surface area contributed by atoms with Gasteiger partial charge in [0, 0.05) is 11.6 Å². The quantitative estimate of drug-likeness (QED) is 0.896. The predicted octanol–water partition coefficient (Wildman–Crippen LogP) is 2.80. The van der Waals surface area contributed by atoms with E-state index in [0.29, 0.717) is 24.7 Å². The third kappa shape index (κ3) is 4.13. The van der Waals surface area contributed by atoms with E-state index in [9.17, 15) is 4.79 Å². The van der Waals surface area contributed by atoms with E-state index in [0.717, 1.165) is 24.9 Å². The maximum atomic E-state index is 12.6. The largest absolute Gasteiger partial charge is 0.370 e. The molecule has 4 nitrogen and oxygen atoms in total. The molecule has 1 unspecified atom stereocenters. The topological polar surface area (TPSA) is 41.6 Å². The van der Waals surface area contributed by atoms with E-state index in [1.807, 2.05) is 29.2 Å². The van der Waals surface area contributed by atoms with E-state index < -0.39 is 0 Å². The van der Waals surface area contributed by atoms with Crippen molar-refractivity contribution in [1.82, 2.24) is 10.2 Å². The fourth-order valence-electron chi connectivity index (χ4n) is 3.01. The van der Waals surface area contributed by atoms with Gasteiger partial charge < -0.3 is 15.0 Å². The summed E-state index contributed by atoms with van der Waals surface area (Å²) in [6, 6.07) is 7.66. The van der Waals surface area contributed by atoms with Crippen molar-refractivity contribution in [2.24, 2.45) is 0 Å². The molecule has 0 radical (unpaired) electrons. The lowest BCUT2D eigenvalue weighted by molar-refractivity contribution is -0.141. The number of carbonyl (C=O) groups excluding carboxylic acids is 1.